The number of unbranched alkanes of at least 4 members (excludes halogenated alkanes) is 1. The Bertz CT molecular complexity index is 1300. The fraction of sp³-hybridized carbons (Fsp3) is 0.432. The molecule has 2 N–H and O–H groups in total. The van der Waals surface area contributed by atoms with Crippen molar-refractivity contribution in [2.45, 2.75) is 98.4 Å². The van der Waals surface area contributed by atoms with Crippen molar-refractivity contribution in [1.29, 1.82) is 0 Å². The molecular formula is C37H49ClN2O. The number of hydrogen-bond donors (Lipinski definition) is 2. The molecule has 0 aromatic heterocycles. The Hall–Kier alpha value is -3.04. The molecule has 0 aliphatic heterocycles. The van der Waals surface area contributed by atoms with Crippen LogP contribution in [-0.4, -0.2) is 11.9 Å². The van der Waals surface area contributed by atoms with E-state index in [1.807, 2.05) is 43.3 Å². The van der Waals surface area contributed by atoms with E-state index in [4.69, 9.17) is 11.6 Å². The van der Waals surface area contributed by atoms with Gasteiger partial charge in [-0.15, -0.1) is 0 Å². The molecule has 1 aliphatic rings. The summed E-state index contributed by atoms with van der Waals surface area (Å²) < 4.78 is 0. The maximum atomic E-state index is 13.6. The largest absolute Gasteiger partial charge is 0.359 e. The molecular weight excluding hydrogens is 524 g/mol. The zero-order chi connectivity index (χ0) is 29.9. The maximum Gasteiger partial charge on any atom is 0.251 e. The highest BCUT2D eigenvalue weighted by atomic mass is 35.5. The minimum absolute atomic E-state index is 0.0201. The van der Waals surface area contributed by atoms with Gasteiger partial charge in [-0.3, -0.25) is 4.79 Å². The smallest absolute Gasteiger partial charge is 0.251 e. The lowest BCUT2D eigenvalue weighted by atomic mass is 9.86. The third-order valence-corrected chi connectivity index (χ3v) is 8.44. The molecule has 3 nitrogen and oxygen atoms in total. The first-order valence-electron chi connectivity index (χ1n) is 15.4. The van der Waals surface area contributed by atoms with Crippen LogP contribution in [0.3, 0.4) is 0 Å². The molecule has 3 rings (SSSR count). The Morgan fingerprint density at radius 1 is 1.00 bits per heavy atom. The van der Waals surface area contributed by atoms with E-state index >= 15 is 0 Å². The Morgan fingerprint density at radius 3 is 2.41 bits per heavy atom. The van der Waals surface area contributed by atoms with Gasteiger partial charge in [-0.25, -0.2) is 0 Å². The van der Waals surface area contributed by atoms with Crippen LogP contribution < -0.4 is 10.6 Å². The summed E-state index contributed by atoms with van der Waals surface area (Å²) in [6.07, 6.45) is 14.2. The zero-order valence-electron chi connectivity index (χ0n) is 25.8. The highest BCUT2D eigenvalue weighted by Crippen LogP contribution is 2.39. The van der Waals surface area contributed by atoms with Gasteiger partial charge in [0.25, 0.3) is 5.91 Å². The third-order valence-electron chi connectivity index (χ3n) is 8.13. The second-order valence-corrected chi connectivity index (χ2v) is 11.9. The number of hydrogen-bond acceptors (Lipinski definition) is 2. The van der Waals surface area contributed by atoms with Gasteiger partial charge in [-0.2, -0.15) is 0 Å². The van der Waals surface area contributed by atoms with Gasteiger partial charge in [0.15, 0.2) is 0 Å². The van der Waals surface area contributed by atoms with Crippen LogP contribution in [0.1, 0.15) is 114 Å². The fourth-order valence-corrected chi connectivity index (χ4v) is 6.15. The van der Waals surface area contributed by atoms with Crippen LogP contribution in [0.15, 0.2) is 73.0 Å². The Morgan fingerprint density at radius 2 is 1.76 bits per heavy atom. The minimum Gasteiger partial charge on any atom is -0.359 e. The van der Waals surface area contributed by atoms with Crippen LogP contribution in [0.2, 0.25) is 5.02 Å². The molecule has 0 saturated heterocycles. The number of rotatable bonds is 15. The molecule has 2 aromatic carbocycles. The summed E-state index contributed by atoms with van der Waals surface area (Å²) in [6, 6.07) is 12.0. The van der Waals surface area contributed by atoms with Crippen molar-refractivity contribution in [3.05, 3.63) is 94.7 Å². The van der Waals surface area contributed by atoms with Crippen LogP contribution in [0.5, 0.6) is 0 Å². The summed E-state index contributed by atoms with van der Waals surface area (Å²) in [5.74, 6) is 0.486. The molecule has 4 heteroatoms. The van der Waals surface area contributed by atoms with Crippen molar-refractivity contribution in [2.75, 3.05) is 0 Å². The lowest BCUT2D eigenvalue weighted by Gasteiger charge is -2.28. The van der Waals surface area contributed by atoms with Crippen LogP contribution in [0.25, 0.3) is 22.4 Å². The van der Waals surface area contributed by atoms with E-state index in [0.717, 1.165) is 78.5 Å². The zero-order valence-corrected chi connectivity index (χ0v) is 26.6. The van der Waals surface area contributed by atoms with Gasteiger partial charge < -0.3 is 10.6 Å². The SMILES string of the molecule is C=C(C)c1cc(C(=O)NC(CCC)C(CCC)CCCC)ccc1-c1c(Cl)cccc1C(=C)NC1=C(C)C=CCC1. The second-order valence-electron chi connectivity index (χ2n) is 11.5. The Balaban J connectivity index is 1.97. The van der Waals surface area contributed by atoms with Gasteiger partial charge in [-0.1, -0.05) is 107 Å². The van der Waals surface area contributed by atoms with E-state index in [1.54, 1.807) is 0 Å². The van der Waals surface area contributed by atoms with Gasteiger partial charge in [0.05, 0.1) is 0 Å². The lowest BCUT2D eigenvalue weighted by Crippen LogP contribution is -2.40. The van der Waals surface area contributed by atoms with E-state index < -0.39 is 0 Å². The summed E-state index contributed by atoms with van der Waals surface area (Å²) in [4.78, 5) is 13.6. The molecule has 0 spiro atoms. The molecule has 0 bridgehead atoms. The van der Waals surface area contributed by atoms with E-state index in [0.29, 0.717) is 16.5 Å². The molecule has 1 aliphatic carbocycles. The lowest BCUT2D eigenvalue weighted by molar-refractivity contribution is 0.0913. The summed E-state index contributed by atoms with van der Waals surface area (Å²) >= 11 is 6.87. The number of halogens is 1. The molecule has 2 unspecified atom stereocenters. The van der Waals surface area contributed by atoms with Crippen molar-refractivity contribution in [2.24, 2.45) is 5.92 Å². The summed E-state index contributed by atoms with van der Waals surface area (Å²) in [7, 11) is 0. The van der Waals surface area contributed by atoms with Crippen molar-refractivity contribution in [3.8, 4) is 11.1 Å². The monoisotopic (exact) mass is 572 g/mol. The quantitative estimate of drug-likeness (QED) is 0.223. The maximum absolute atomic E-state index is 13.6. The third kappa shape index (κ3) is 8.49. The number of amides is 1. The number of carbonyl (C=O) groups excluding carboxylic acids is 1. The standard InChI is InChI=1S/C37H49ClN2O/c1-8-11-18-28(15-9-2)35(16-10-3)40-37(41)29-22-23-31(32(24-29)25(4)5)36-30(19-14-20-33(36)38)27(7)39-34-21-13-12-17-26(34)6/h12,14,17,19-20,22-24,28,35,39H,4,7-11,13,15-16,18,21H2,1-3,5-6H3,(H,40,41). The molecule has 41 heavy (non-hydrogen) atoms. The van der Waals surface area contributed by atoms with Crippen LogP contribution in [0.4, 0.5) is 0 Å². The topological polar surface area (TPSA) is 41.1 Å². The van der Waals surface area contributed by atoms with Gasteiger partial charge in [0, 0.05) is 39.1 Å². The summed E-state index contributed by atoms with van der Waals surface area (Å²) in [6.45, 7) is 19.4. The second kappa shape index (κ2) is 15.8. The molecule has 1 amide bonds. The van der Waals surface area contributed by atoms with Crippen molar-refractivity contribution >= 4 is 28.8 Å². The highest BCUT2D eigenvalue weighted by molar-refractivity contribution is 6.34. The summed E-state index contributed by atoms with van der Waals surface area (Å²) in [5, 5.41) is 7.61. The average molecular weight is 573 g/mol. The number of allylic oxidation sites excluding steroid dienone is 5. The minimum atomic E-state index is -0.0201. The summed E-state index contributed by atoms with van der Waals surface area (Å²) in [5.41, 5.74) is 8.43. The van der Waals surface area contributed by atoms with Crippen molar-refractivity contribution in [1.82, 2.24) is 10.6 Å². The first kappa shape index (κ1) is 32.5. The Kier molecular flexibility index (Phi) is 12.5. The molecule has 2 aromatic rings. The normalized spacial score (nSPS) is 14.5. The van der Waals surface area contributed by atoms with E-state index in [2.05, 4.69) is 63.6 Å². The first-order valence-corrected chi connectivity index (χ1v) is 15.8. The van der Waals surface area contributed by atoms with Crippen LogP contribution >= 0.6 is 11.6 Å². The first-order chi connectivity index (χ1) is 19.7. The number of benzene rings is 2. The van der Waals surface area contributed by atoms with Crippen molar-refractivity contribution in [3.63, 3.8) is 0 Å². The van der Waals surface area contributed by atoms with E-state index in [9.17, 15) is 4.79 Å². The number of carbonyl (C=O) groups is 1. The highest BCUT2D eigenvalue weighted by Gasteiger charge is 2.24. The van der Waals surface area contributed by atoms with Gasteiger partial charge in [0.1, 0.15) is 0 Å². The fourth-order valence-electron chi connectivity index (χ4n) is 5.87. The Labute approximate surface area is 253 Å². The average Bonchev–Trinajstić information content (AvgIpc) is 2.95. The van der Waals surface area contributed by atoms with E-state index in [-0.39, 0.29) is 11.9 Å². The molecule has 0 fully saturated rings. The molecule has 220 valence electrons. The molecule has 0 radical (unpaired) electrons. The molecule has 2 atom stereocenters. The van der Waals surface area contributed by atoms with E-state index in [1.165, 1.54) is 24.1 Å². The van der Waals surface area contributed by atoms with Crippen LogP contribution in [0, 0.1) is 5.92 Å². The molecule has 0 saturated carbocycles. The molecule has 0 heterocycles. The number of nitrogens with one attached hydrogen (secondary N) is 2. The predicted octanol–water partition coefficient (Wildman–Crippen LogP) is 10.7. The van der Waals surface area contributed by atoms with Gasteiger partial charge >= 0.3 is 0 Å². The van der Waals surface area contributed by atoms with Crippen molar-refractivity contribution < 1.29 is 4.79 Å². The van der Waals surface area contributed by atoms with Crippen LogP contribution in [-0.2, 0) is 0 Å². The van der Waals surface area contributed by atoms with Gasteiger partial charge in [-0.05, 0) is 86.8 Å². The van der Waals surface area contributed by atoms with Gasteiger partial charge in [0.2, 0.25) is 0 Å². The predicted molar refractivity (Wildman–Crippen MR) is 179 cm³/mol.